The van der Waals surface area contributed by atoms with Crippen molar-refractivity contribution in [3.8, 4) is 0 Å². The Morgan fingerprint density at radius 2 is 2.33 bits per heavy atom. The Morgan fingerprint density at radius 1 is 1.47 bits per heavy atom. The normalized spacial score (nSPS) is 22.1. The molecule has 1 aromatic rings. The second-order valence-corrected chi connectivity index (χ2v) is 4.27. The average Bonchev–Trinajstić information content (AvgIpc) is 2.30. The molecule has 0 saturated carbocycles. The van der Waals surface area contributed by atoms with E-state index < -0.39 is 0 Å². The molecule has 0 amide bonds. The molecule has 0 radical (unpaired) electrons. The van der Waals surface area contributed by atoms with Crippen molar-refractivity contribution in [2.75, 3.05) is 24.5 Å². The second kappa shape index (κ2) is 4.57. The summed E-state index contributed by atoms with van der Waals surface area (Å²) in [5.74, 6) is 1.62. The van der Waals surface area contributed by atoms with Crippen LogP contribution in [0.1, 0.15) is 13.8 Å². The predicted molar refractivity (Wildman–Crippen MR) is 60.9 cm³/mol. The SMILES string of the molecule is CC(C)C1CNCCN1c1cnccn1. The van der Waals surface area contributed by atoms with Gasteiger partial charge in [-0.05, 0) is 5.92 Å². The molecular weight excluding hydrogens is 188 g/mol. The number of anilines is 1. The largest absolute Gasteiger partial charge is 0.350 e. The van der Waals surface area contributed by atoms with Crippen LogP contribution in [0.2, 0.25) is 0 Å². The number of hydrogen-bond donors (Lipinski definition) is 1. The third kappa shape index (κ3) is 2.26. The lowest BCUT2D eigenvalue weighted by molar-refractivity contribution is 0.388. The van der Waals surface area contributed by atoms with Crippen molar-refractivity contribution in [1.29, 1.82) is 0 Å². The first-order valence-electron chi connectivity index (χ1n) is 5.52. The topological polar surface area (TPSA) is 41.0 Å². The minimum atomic E-state index is 0.524. The highest BCUT2D eigenvalue weighted by molar-refractivity contribution is 5.37. The number of hydrogen-bond acceptors (Lipinski definition) is 4. The van der Waals surface area contributed by atoms with Crippen LogP contribution in [0.25, 0.3) is 0 Å². The van der Waals surface area contributed by atoms with Crippen LogP contribution in [0, 0.1) is 5.92 Å². The van der Waals surface area contributed by atoms with Gasteiger partial charge in [-0.25, -0.2) is 4.98 Å². The number of piperazine rings is 1. The van der Waals surface area contributed by atoms with Crippen molar-refractivity contribution in [3.63, 3.8) is 0 Å². The highest BCUT2D eigenvalue weighted by atomic mass is 15.3. The van der Waals surface area contributed by atoms with E-state index in [1.165, 1.54) is 0 Å². The van der Waals surface area contributed by atoms with Gasteiger partial charge in [0.25, 0.3) is 0 Å². The van der Waals surface area contributed by atoms with Crippen LogP contribution in [0.5, 0.6) is 0 Å². The smallest absolute Gasteiger partial charge is 0.147 e. The lowest BCUT2D eigenvalue weighted by Gasteiger charge is -2.39. The molecule has 2 heterocycles. The highest BCUT2D eigenvalue weighted by Crippen LogP contribution is 2.18. The van der Waals surface area contributed by atoms with Crippen molar-refractivity contribution < 1.29 is 0 Å². The molecule has 1 N–H and O–H groups in total. The molecule has 0 aliphatic carbocycles. The van der Waals surface area contributed by atoms with Crippen molar-refractivity contribution in [2.45, 2.75) is 19.9 Å². The number of nitrogens with one attached hydrogen (secondary N) is 1. The minimum absolute atomic E-state index is 0.524. The fourth-order valence-electron chi connectivity index (χ4n) is 2.05. The molecule has 1 fully saturated rings. The fraction of sp³-hybridized carbons (Fsp3) is 0.636. The summed E-state index contributed by atoms with van der Waals surface area (Å²) in [5.41, 5.74) is 0. The Kier molecular flexibility index (Phi) is 3.16. The van der Waals surface area contributed by atoms with E-state index in [2.05, 4.69) is 34.0 Å². The summed E-state index contributed by atoms with van der Waals surface area (Å²) in [6, 6.07) is 0.524. The Labute approximate surface area is 90.7 Å². The van der Waals surface area contributed by atoms with Gasteiger partial charge < -0.3 is 10.2 Å². The maximum Gasteiger partial charge on any atom is 0.147 e. The molecule has 1 aromatic heterocycles. The molecule has 4 heteroatoms. The van der Waals surface area contributed by atoms with Gasteiger partial charge in [0.2, 0.25) is 0 Å². The van der Waals surface area contributed by atoms with E-state index in [-0.39, 0.29) is 0 Å². The van der Waals surface area contributed by atoms with Gasteiger partial charge in [0.15, 0.2) is 0 Å². The van der Waals surface area contributed by atoms with E-state index in [1.807, 2.05) is 6.20 Å². The third-order valence-electron chi connectivity index (χ3n) is 2.90. The van der Waals surface area contributed by atoms with Gasteiger partial charge in [0.1, 0.15) is 5.82 Å². The summed E-state index contributed by atoms with van der Waals surface area (Å²) in [4.78, 5) is 10.9. The molecule has 0 aromatic carbocycles. The van der Waals surface area contributed by atoms with Crippen LogP contribution >= 0.6 is 0 Å². The van der Waals surface area contributed by atoms with Gasteiger partial charge in [-0.3, -0.25) is 4.98 Å². The van der Waals surface area contributed by atoms with E-state index in [9.17, 15) is 0 Å². The van der Waals surface area contributed by atoms with Crippen LogP contribution in [0.15, 0.2) is 18.6 Å². The van der Waals surface area contributed by atoms with Crippen LogP contribution in [-0.4, -0.2) is 35.6 Å². The van der Waals surface area contributed by atoms with Crippen LogP contribution in [-0.2, 0) is 0 Å². The second-order valence-electron chi connectivity index (χ2n) is 4.27. The number of rotatable bonds is 2. The van der Waals surface area contributed by atoms with E-state index in [4.69, 9.17) is 0 Å². The van der Waals surface area contributed by atoms with Crippen LogP contribution in [0.3, 0.4) is 0 Å². The maximum absolute atomic E-state index is 4.37. The molecule has 1 aliphatic rings. The van der Waals surface area contributed by atoms with E-state index in [0.717, 1.165) is 25.5 Å². The lowest BCUT2D eigenvalue weighted by atomic mass is 10.0. The Balaban J connectivity index is 2.18. The number of aromatic nitrogens is 2. The zero-order chi connectivity index (χ0) is 10.7. The van der Waals surface area contributed by atoms with Crippen molar-refractivity contribution in [3.05, 3.63) is 18.6 Å². The van der Waals surface area contributed by atoms with Crippen molar-refractivity contribution in [1.82, 2.24) is 15.3 Å². The van der Waals surface area contributed by atoms with E-state index >= 15 is 0 Å². The summed E-state index contributed by atoms with van der Waals surface area (Å²) in [6.07, 6.45) is 5.32. The quantitative estimate of drug-likeness (QED) is 0.781. The van der Waals surface area contributed by atoms with Gasteiger partial charge in [0.05, 0.1) is 6.20 Å². The van der Waals surface area contributed by atoms with E-state index in [0.29, 0.717) is 12.0 Å². The first kappa shape index (κ1) is 10.4. The zero-order valence-electron chi connectivity index (χ0n) is 9.35. The van der Waals surface area contributed by atoms with Gasteiger partial charge in [-0.1, -0.05) is 13.8 Å². The van der Waals surface area contributed by atoms with Crippen molar-refractivity contribution >= 4 is 5.82 Å². The molecule has 1 unspecified atom stereocenters. The molecule has 0 spiro atoms. The lowest BCUT2D eigenvalue weighted by Crippen LogP contribution is -2.54. The molecule has 1 atom stereocenters. The summed E-state index contributed by atoms with van der Waals surface area (Å²) >= 11 is 0. The predicted octanol–water partition coefficient (Wildman–Crippen LogP) is 0.911. The molecule has 1 saturated heterocycles. The molecule has 0 bridgehead atoms. The maximum atomic E-state index is 4.37. The summed E-state index contributed by atoms with van der Waals surface area (Å²) in [7, 11) is 0. The first-order valence-corrected chi connectivity index (χ1v) is 5.52. The summed E-state index contributed by atoms with van der Waals surface area (Å²) < 4.78 is 0. The Morgan fingerprint density at radius 3 is 3.00 bits per heavy atom. The van der Waals surface area contributed by atoms with Gasteiger partial charge >= 0.3 is 0 Å². The van der Waals surface area contributed by atoms with Gasteiger partial charge in [-0.15, -0.1) is 0 Å². The molecule has 1 aliphatic heterocycles. The summed E-state index contributed by atoms with van der Waals surface area (Å²) in [6.45, 7) is 7.58. The summed E-state index contributed by atoms with van der Waals surface area (Å²) in [5, 5.41) is 3.43. The fourth-order valence-corrected chi connectivity index (χ4v) is 2.05. The van der Waals surface area contributed by atoms with Gasteiger partial charge in [0, 0.05) is 38.1 Å². The molecule has 15 heavy (non-hydrogen) atoms. The monoisotopic (exact) mass is 206 g/mol. The molecule has 4 nitrogen and oxygen atoms in total. The molecular formula is C11H18N4. The zero-order valence-corrected chi connectivity index (χ0v) is 9.35. The van der Waals surface area contributed by atoms with Gasteiger partial charge in [-0.2, -0.15) is 0 Å². The standard InChI is InChI=1S/C11H18N4/c1-9(2)10-7-13-5-6-15(10)11-8-12-3-4-14-11/h3-4,8-10,13H,5-7H2,1-2H3. The van der Waals surface area contributed by atoms with Crippen molar-refractivity contribution in [2.24, 2.45) is 5.92 Å². The Hall–Kier alpha value is -1.16. The number of nitrogens with zero attached hydrogens (tertiary/aromatic N) is 3. The van der Waals surface area contributed by atoms with Crippen LogP contribution in [0.4, 0.5) is 5.82 Å². The highest BCUT2D eigenvalue weighted by Gasteiger charge is 2.25. The van der Waals surface area contributed by atoms with E-state index in [1.54, 1.807) is 12.4 Å². The first-order chi connectivity index (χ1) is 7.29. The third-order valence-corrected chi connectivity index (χ3v) is 2.90. The van der Waals surface area contributed by atoms with Crippen LogP contribution < -0.4 is 10.2 Å². The minimum Gasteiger partial charge on any atom is -0.350 e. The molecule has 82 valence electrons. The average molecular weight is 206 g/mol. The Bertz CT molecular complexity index is 299. The molecule has 2 rings (SSSR count).